The van der Waals surface area contributed by atoms with Crippen LogP contribution in [0.3, 0.4) is 0 Å². The van der Waals surface area contributed by atoms with Gasteiger partial charge in [0.25, 0.3) is 0 Å². The summed E-state index contributed by atoms with van der Waals surface area (Å²) in [5.41, 5.74) is 1.25. The van der Waals surface area contributed by atoms with E-state index in [-0.39, 0.29) is 0 Å². The van der Waals surface area contributed by atoms with E-state index >= 15 is 0 Å². The van der Waals surface area contributed by atoms with E-state index in [9.17, 15) is 0 Å². The van der Waals surface area contributed by atoms with Gasteiger partial charge in [-0.2, -0.15) is 0 Å². The lowest BCUT2D eigenvalue weighted by molar-refractivity contribution is 0.315. The van der Waals surface area contributed by atoms with E-state index in [4.69, 9.17) is 4.74 Å². The van der Waals surface area contributed by atoms with Crippen molar-refractivity contribution in [1.82, 2.24) is 10.3 Å². The van der Waals surface area contributed by atoms with Crippen molar-refractivity contribution in [3.63, 3.8) is 0 Å². The molecule has 1 heterocycles. The Bertz CT molecular complexity index is 315. The minimum absolute atomic E-state index is 0.623. The third-order valence-corrected chi connectivity index (χ3v) is 2.57. The summed E-state index contributed by atoms with van der Waals surface area (Å²) in [6.45, 7) is 9.34. The smallest absolute Gasteiger partial charge is 0.137 e. The summed E-state index contributed by atoms with van der Waals surface area (Å²) < 4.78 is 5.58. The number of hydrogen-bond acceptors (Lipinski definition) is 3. The van der Waals surface area contributed by atoms with Crippen molar-refractivity contribution < 1.29 is 4.74 Å². The van der Waals surface area contributed by atoms with E-state index in [0.717, 1.165) is 38.3 Å². The second-order valence-corrected chi connectivity index (χ2v) is 4.49. The van der Waals surface area contributed by atoms with Gasteiger partial charge in [-0.3, -0.25) is 4.98 Å². The van der Waals surface area contributed by atoms with Crippen LogP contribution in [0.15, 0.2) is 18.5 Å². The molecule has 0 saturated heterocycles. The minimum Gasteiger partial charge on any atom is -0.492 e. The Morgan fingerprint density at radius 1 is 1.35 bits per heavy atom. The first-order valence-electron chi connectivity index (χ1n) is 6.53. The molecule has 0 aliphatic heterocycles. The van der Waals surface area contributed by atoms with E-state index in [2.05, 4.69) is 37.1 Å². The fourth-order valence-electron chi connectivity index (χ4n) is 1.74. The highest BCUT2D eigenvalue weighted by molar-refractivity contribution is 5.23. The maximum atomic E-state index is 5.58. The standard InChI is InChI=1S/C14H24N2O/c1-4-6-17-14-8-13(10-16-11-14)7-12(3)9-15-5-2/h8,10-12,15H,4-7,9H2,1-3H3. The van der Waals surface area contributed by atoms with Crippen molar-refractivity contribution in [2.75, 3.05) is 19.7 Å². The third-order valence-electron chi connectivity index (χ3n) is 2.57. The van der Waals surface area contributed by atoms with Crippen LogP contribution in [0, 0.1) is 5.92 Å². The summed E-state index contributed by atoms with van der Waals surface area (Å²) in [6, 6.07) is 2.10. The molecule has 1 aromatic rings. The van der Waals surface area contributed by atoms with Crippen LogP contribution in [0.4, 0.5) is 0 Å². The molecular formula is C14H24N2O. The molecule has 1 aromatic heterocycles. The fourth-order valence-corrected chi connectivity index (χ4v) is 1.74. The molecule has 0 aliphatic rings. The van der Waals surface area contributed by atoms with Gasteiger partial charge in [0.15, 0.2) is 0 Å². The fraction of sp³-hybridized carbons (Fsp3) is 0.643. The zero-order chi connectivity index (χ0) is 12.5. The van der Waals surface area contributed by atoms with Gasteiger partial charge >= 0.3 is 0 Å². The van der Waals surface area contributed by atoms with Gasteiger partial charge in [-0.1, -0.05) is 20.8 Å². The maximum Gasteiger partial charge on any atom is 0.137 e. The summed E-state index contributed by atoms with van der Waals surface area (Å²) >= 11 is 0. The number of nitrogens with zero attached hydrogens (tertiary/aromatic N) is 1. The quantitative estimate of drug-likeness (QED) is 0.753. The second-order valence-electron chi connectivity index (χ2n) is 4.49. The summed E-state index contributed by atoms with van der Waals surface area (Å²) in [5, 5.41) is 3.37. The second kappa shape index (κ2) is 8.07. The van der Waals surface area contributed by atoms with Gasteiger partial charge in [0.05, 0.1) is 12.8 Å². The van der Waals surface area contributed by atoms with Crippen LogP contribution in [-0.2, 0) is 6.42 Å². The normalized spacial score (nSPS) is 12.4. The zero-order valence-corrected chi connectivity index (χ0v) is 11.2. The van der Waals surface area contributed by atoms with Crippen LogP contribution in [0.5, 0.6) is 5.75 Å². The summed E-state index contributed by atoms with van der Waals surface area (Å²) in [7, 11) is 0. The Labute approximate surface area is 105 Å². The molecular weight excluding hydrogens is 212 g/mol. The van der Waals surface area contributed by atoms with Crippen molar-refractivity contribution in [2.24, 2.45) is 5.92 Å². The van der Waals surface area contributed by atoms with Crippen molar-refractivity contribution in [3.05, 3.63) is 24.0 Å². The lowest BCUT2D eigenvalue weighted by Gasteiger charge is -2.12. The van der Waals surface area contributed by atoms with Gasteiger partial charge in [-0.15, -0.1) is 0 Å². The molecule has 0 aromatic carbocycles. The highest BCUT2D eigenvalue weighted by atomic mass is 16.5. The van der Waals surface area contributed by atoms with Gasteiger partial charge in [-0.25, -0.2) is 0 Å². The van der Waals surface area contributed by atoms with Gasteiger partial charge in [0, 0.05) is 6.20 Å². The van der Waals surface area contributed by atoms with Crippen LogP contribution in [0.2, 0.25) is 0 Å². The van der Waals surface area contributed by atoms with Crippen LogP contribution >= 0.6 is 0 Å². The van der Waals surface area contributed by atoms with E-state index in [1.165, 1.54) is 5.56 Å². The molecule has 17 heavy (non-hydrogen) atoms. The first kappa shape index (κ1) is 14.0. The Hall–Kier alpha value is -1.09. The molecule has 0 amide bonds. The van der Waals surface area contributed by atoms with Crippen LogP contribution in [0.25, 0.3) is 0 Å². The molecule has 0 radical (unpaired) electrons. The molecule has 3 heteroatoms. The first-order chi connectivity index (χ1) is 8.26. The van der Waals surface area contributed by atoms with E-state index in [1.807, 2.05) is 6.20 Å². The SMILES string of the molecule is CCCOc1cncc(CC(C)CNCC)c1. The number of aromatic nitrogens is 1. The summed E-state index contributed by atoms with van der Waals surface area (Å²) in [5.74, 6) is 1.51. The van der Waals surface area contributed by atoms with Crippen LogP contribution in [-0.4, -0.2) is 24.7 Å². The van der Waals surface area contributed by atoms with E-state index in [1.54, 1.807) is 6.20 Å². The van der Waals surface area contributed by atoms with Gasteiger partial charge < -0.3 is 10.1 Å². The number of hydrogen-bond donors (Lipinski definition) is 1. The monoisotopic (exact) mass is 236 g/mol. The van der Waals surface area contributed by atoms with E-state index in [0.29, 0.717) is 5.92 Å². The predicted molar refractivity (Wildman–Crippen MR) is 71.4 cm³/mol. The third kappa shape index (κ3) is 5.68. The summed E-state index contributed by atoms with van der Waals surface area (Å²) in [4.78, 5) is 4.23. The average molecular weight is 236 g/mol. The Morgan fingerprint density at radius 3 is 2.88 bits per heavy atom. The Kier molecular flexibility index (Phi) is 6.63. The topological polar surface area (TPSA) is 34.1 Å². The molecule has 0 aliphatic carbocycles. The molecule has 1 unspecified atom stereocenters. The molecule has 96 valence electrons. The number of nitrogens with one attached hydrogen (secondary N) is 1. The highest BCUT2D eigenvalue weighted by Crippen LogP contribution is 2.14. The highest BCUT2D eigenvalue weighted by Gasteiger charge is 2.04. The Morgan fingerprint density at radius 2 is 2.18 bits per heavy atom. The van der Waals surface area contributed by atoms with Crippen molar-refractivity contribution in [1.29, 1.82) is 0 Å². The van der Waals surface area contributed by atoms with Crippen molar-refractivity contribution in [2.45, 2.75) is 33.6 Å². The molecule has 3 nitrogen and oxygen atoms in total. The van der Waals surface area contributed by atoms with Crippen molar-refractivity contribution in [3.8, 4) is 5.75 Å². The lowest BCUT2D eigenvalue weighted by atomic mass is 10.0. The Balaban J connectivity index is 2.47. The first-order valence-corrected chi connectivity index (χ1v) is 6.53. The molecule has 0 spiro atoms. The molecule has 0 fully saturated rings. The average Bonchev–Trinajstić information content (AvgIpc) is 2.34. The summed E-state index contributed by atoms with van der Waals surface area (Å²) in [6.07, 6.45) is 5.79. The molecule has 0 bridgehead atoms. The lowest BCUT2D eigenvalue weighted by Crippen LogP contribution is -2.21. The van der Waals surface area contributed by atoms with Gasteiger partial charge in [-0.05, 0) is 43.5 Å². The minimum atomic E-state index is 0.623. The number of pyridine rings is 1. The predicted octanol–water partition coefficient (Wildman–Crippen LogP) is 2.66. The largest absolute Gasteiger partial charge is 0.492 e. The molecule has 0 saturated carbocycles. The molecule has 1 N–H and O–H groups in total. The maximum absolute atomic E-state index is 5.58. The van der Waals surface area contributed by atoms with Crippen LogP contribution < -0.4 is 10.1 Å². The molecule has 1 atom stereocenters. The molecule has 1 rings (SSSR count). The number of rotatable bonds is 8. The van der Waals surface area contributed by atoms with E-state index < -0.39 is 0 Å². The zero-order valence-electron chi connectivity index (χ0n) is 11.2. The van der Waals surface area contributed by atoms with Crippen LogP contribution in [0.1, 0.15) is 32.8 Å². The number of ether oxygens (including phenoxy) is 1. The van der Waals surface area contributed by atoms with Gasteiger partial charge in [0.1, 0.15) is 5.75 Å². The van der Waals surface area contributed by atoms with Crippen molar-refractivity contribution >= 4 is 0 Å². The van der Waals surface area contributed by atoms with Gasteiger partial charge in [0.2, 0.25) is 0 Å².